The third-order valence-corrected chi connectivity index (χ3v) is 4.30. The zero-order valence-electron chi connectivity index (χ0n) is 11.9. The van der Waals surface area contributed by atoms with Gasteiger partial charge < -0.3 is 10.4 Å². The fourth-order valence-electron chi connectivity index (χ4n) is 1.83. The van der Waals surface area contributed by atoms with E-state index in [1.54, 1.807) is 11.8 Å². The first-order valence-corrected chi connectivity index (χ1v) is 7.71. The molecule has 0 amide bonds. The molecule has 0 aromatic heterocycles. The smallest absolute Gasteiger partial charge is 0.102 e. The minimum absolute atomic E-state index is 0.467. The lowest BCUT2D eigenvalue weighted by Crippen LogP contribution is -2.35. The fraction of sp³-hybridized carbons (Fsp3) is 0.533. The van der Waals surface area contributed by atoms with Gasteiger partial charge in [-0.1, -0.05) is 26.8 Å². The number of nitrogens with zero attached hydrogens (tertiary/aromatic N) is 1. The number of nitrogens with one attached hydrogen (secondary N) is 1. The molecule has 0 aliphatic carbocycles. The first-order valence-electron chi connectivity index (χ1n) is 6.72. The highest BCUT2D eigenvalue weighted by molar-refractivity contribution is 7.99. The zero-order chi connectivity index (χ0) is 14.3. The molecule has 0 aliphatic heterocycles. The van der Waals surface area contributed by atoms with Gasteiger partial charge in [-0.25, -0.2) is 0 Å². The molecule has 0 unspecified atom stereocenters. The van der Waals surface area contributed by atoms with E-state index in [2.05, 4.69) is 18.3 Å². The van der Waals surface area contributed by atoms with Crippen molar-refractivity contribution in [1.82, 2.24) is 0 Å². The maximum atomic E-state index is 10.3. The summed E-state index contributed by atoms with van der Waals surface area (Å²) < 4.78 is 0. The van der Waals surface area contributed by atoms with Gasteiger partial charge in [-0.15, -0.1) is 11.8 Å². The molecular formula is C15H22N2OS. The Hall–Kier alpha value is -1.18. The highest BCUT2D eigenvalue weighted by atomic mass is 32.2. The van der Waals surface area contributed by atoms with Gasteiger partial charge in [0, 0.05) is 11.4 Å². The second kappa shape index (κ2) is 7.42. The number of benzene rings is 1. The lowest BCUT2D eigenvalue weighted by Gasteiger charge is -2.26. The molecule has 1 aromatic carbocycles. The summed E-state index contributed by atoms with van der Waals surface area (Å²) >= 11 is 1.66. The number of aliphatic hydroxyl groups is 1. The van der Waals surface area contributed by atoms with E-state index in [0.29, 0.717) is 24.9 Å². The molecule has 0 fully saturated rings. The molecule has 0 radical (unpaired) electrons. The monoisotopic (exact) mass is 278 g/mol. The van der Waals surface area contributed by atoms with Gasteiger partial charge in [-0.3, -0.25) is 0 Å². The third kappa shape index (κ3) is 4.15. The Labute approximate surface area is 120 Å². The van der Waals surface area contributed by atoms with E-state index >= 15 is 0 Å². The summed E-state index contributed by atoms with van der Waals surface area (Å²) in [5.74, 6) is 0.936. The van der Waals surface area contributed by atoms with Crippen molar-refractivity contribution in [2.75, 3.05) is 17.6 Å². The molecule has 0 atom stereocenters. The number of hydrogen-bond acceptors (Lipinski definition) is 4. The van der Waals surface area contributed by atoms with Crippen LogP contribution in [0.4, 0.5) is 5.69 Å². The summed E-state index contributed by atoms with van der Waals surface area (Å²) in [7, 11) is 0. The summed E-state index contributed by atoms with van der Waals surface area (Å²) in [6.07, 6.45) is 1.39. The Morgan fingerprint density at radius 2 is 2.00 bits per heavy atom. The van der Waals surface area contributed by atoms with E-state index in [4.69, 9.17) is 0 Å². The van der Waals surface area contributed by atoms with Gasteiger partial charge in [0.15, 0.2) is 0 Å². The molecular weight excluding hydrogens is 256 g/mol. The van der Waals surface area contributed by atoms with Crippen LogP contribution in [0.25, 0.3) is 0 Å². The first-order chi connectivity index (χ1) is 9.10. The average Bonchev–Trinajstić information content (AvgIpc) is 2.45. The van der Waals surface area contributed by atoms with Crippen molar-refractivity contribution in [2.24, 2.45) is 0 Å². The molecule has 0 bridgehead atoms. The second-order valence-corrected chi connectivity index (χ2v) is 5.81. The average molecular weight is 278 g/mol. The van der Waals surface area contributed by atoms with Crippen LogP contribution < -0.4 is 5.32 Å². The van der Waals surface area contributed by atoms with Crippen LogP contribution >= 0.6 is 11.8 Å². The predicted octanol–water partition coefficient (Wildman–Crippen LogP) is 3.63. The number of rotatable bonds is 7. The normalized spacial score (nSPS) is 11.1. The van der Waals surface area contributed by atoms with Crippen LogP contribution in [-0.2, 0) is 0 Å². The van der Waals surface area contributed by atoms with Crippen LogP contribution in [0.1, 0.15) is 39.2 Å². The van der Waals surface area contributed by atoms with E-state index in [0.717, 1.165) is 16.3 Å². The summed E-state index contributed by atoms with van der Waals surface area (Å²) in [5, 5.41) is 22.8. The van der Waals surface area contributed by atoms with Crippen molar-refractivity contribution in [3.8, 4) is 6.07 Å². The minimum Gasteiger partial charge on any atom is -0.388 e. The van der Waals surface area contributed by atoms with Crippen LogP contribution in [-0.4, -0.2) is 23.0 Å². The molecule has 1 rings (SSSR count). The predicted molar refractivity (Wildman–Crippen MR) is 81.6 cm³/mol. The Kier molecular flexibility index (Phi) is 6.20. The molecule has 19 heavy (non-hydrogen) atoms. The van der Waals surface area contributed by atoms with Gasteiger partial charge in [-0.2, -0.15) is 5.26 Å². The van der Waals surface area contributed by atoms with E-state index in [-0.39, 0.29) is 0 Å². The van der Waals surface area contributed by atoms with Crippen molar-refractivity contribution in [1.29, 1.82) is 5.26 Å². The minimum atomic E-state index is -0.708. The largest absolute Gasteiger partial charge is 0.388 e. The van der Waals surface area contributed by atoms with Crippen LogP contribution in [0, 0.1) is 11.3 Å². The van der Waals surface area contributed by atoms with Gasteiger partial charge in [-0.05, 0) is 30.7 Å². The molecule has 2 N–H and O–H groups in total. The zero-order valence-corrected chi connectivity index (χ0v) is 12.7. The van der Waals surface area contributed by atoms with E-state index in [9.17, 15) is 10.4 Å². The quantitative estimate of drug-likeness (QED) is 0.748. The molecule has 0 spiro atoms. The highest BCUT2D eigenvalue weighted by Crippen LogP contribution is 2.28. The summed E-state index contributed by atoms with van der Waals surface area (Å²) in [4.78, 5) is 0.992. The van der Waals surface area contributed by atoms with Crippen LogP contribution in [0.15, 0.2) is 23.1 Å². The maximum absolute atomic E-state index is 10.3. The molecule has 3 nitrogen and oxygen atoms in total. The summed E-state index contributed by atoms with van der Waals surface area (Å²) in [6.45, 7) is 6.48. The number of nitriles is 1. The Morgan fingerprint density at radius 1 is 1.32 bits per heavy atom. The van der Waals surface area contributed by atoms with Crippen LogP contribution in [0.5, 0.6) is 0 Å². The Balaban J connectivity index is 2.90. The van der Waals surface area contributed by atoms with Gasteiger partial charge in [0.2, 0.25) is 0 Å². The molecule has 0 saturated carbocycles. The molecule has 0 aliphatic rings. The van der Waals surface area contributed by atoms with Crippen LogP contribution in [0.2, 0.25) is 0 Å². The van der Waals surface area contributed by atoms with Crippen molar-refractivity contribution in [3.05, 3.63) is 23.8 Å². The first kappa shape index (κ1) is 15.9. The molecule has 4 heteroatoms. The topological polar surface area (TPSA) is 56.0 Å². The molecule has 0 saturated heterocycles. The second-order valence-electron chi connectivity index (χ2n) is 4.51. The van der Waals surface area contributed by atoms with Gasteiger partial charge in [0.1, 0.15) is 6.07 Å². The van der Waals surface area contributed by atoms with Gasteiger partial charge >= 0.3 is 0 Å². The molecule has 1 aromatic rings. The summed E-state index contributed by atoms with van der Waals surface area (Å²) in [5.41, 5.74) is 0.769. The number of hydrogen-bond donors (Lipinski definition) is 2. The lowest BCUT2D eigenvalue weighted by molar-refractivity contribution is 0.0457. The summed E-state index contributed by atoms with van der Waals surface area (Å²) in [6, 6.07) is 8.05. The van der Waals surface area contributed by atoms with Crippen molar-refractivity contribution >= 4 is 17.4 Å². The van der Waals surface area contributed by atoms with Crippen molar-refractivity contribution < 1.29 is 5.11 Å². The fourth-order valence-corrected chi connectivity index (χ4v) is 2.62. The van der Waals surface area contributed by atoms with Gasteiger partial charge in [0.25, 0.3) is 0 Å². The van der Waals surface area contributed by atoms with E-state index in [1.165, 1.54) is 0 Å². The molecule has 0 heterocycles. The Bertz CT molecular complexity index is 450. The van der Waals surface area contributed by atoms with E-state index < -0.39 is 5.60 Å². The lowest BCUT2D eigenvalue weighted by atomic mass is 9.97. The van der Waals surface area contributed by atoms with Crippen LogP contribution in [0.3, 0.4) is 0 Å². The molecule has 104 valence electrons. The standard InChI is InChI=1S/C15H22N2OS/c1-4-15(18,5-2)11-17-13-8-7-9-14(19-6-3)12(13)10-16/h7-9,17-18H,4-6,11H2,1-3H3. The Morgan fingerprint density at radius 3 is 2.53 bits per heavy atom. The van der Waals surface area contributed by atoms with Gasteiger partial charge in [0.05, 0.1) is 16.9 Å². The van der Waals surface area contributed by atoms with E-state index in [1.807, 2.05) is 32.0 Å². The van der Waals surface area contributed by atoms with Crippen molar-refractivity contribution in [2.45, 2.75) is 44.1 Å². The SMILES string of the molecule is CCSc1cccc(NCC(O)(CC)CC)c1C#N. The highest BCUT2D eigenvalue weighted by Gasteiger charge is 2.22. The maximum Gasteiger partial charge on any atom is 0.102 e. The number of anilines is 1. The third-order valence-electron chi connectivity index (χ3n) is 3.36. The number of thioether (sulfide) groups is 1. The van der Waals surface area contributed by atoms with Crippen molar-refractivity contribution in [3.63, 3.8) is 0 Å².